The average molecular weight is 296 g/mol. The van der Waals surface area contributed by atoms with Gasteiger partial charge in [0, 0.05) is 0 Å². The summed E-state index contributed by atoms with van der Waals surface area (Å²) in [6.45, 7) is 5.77. The first-order valence-corrected chi connectivity index (χ1v) is 6.10. The number of rotatable bonds is 6. The fourth-order valence-electron chi connectivity index (χ4n) is 0.919. The molecule has 0 spiro atoms. The molecule has 0 aliphatic carbocycles. The third-order valence-corrected chi connectivity index (χ3v) is 3.08. The Bertz CT molecular complexity index is 291. The molecule has 4 atom stereocenters. The highest BCUT2D eigenvalue weighted by Gasteiger charge is 2.34. The molecule has 0 aromatic carbocycles. The maximum absolute atomic E-state index is 10.1. The highest BCUT2D eigenvalue weighted by Crippen LogP contribution is 2.14. The van der Waals surface area contributed by atoms with Crippen molar-refractivity contribution in [2.24, 2.45) is 0 Å². The number of hydrogen-bond acceptors (Lipinski definition) is 6. The van der Waals surface area contributed by atoms with Crippen LogP contribution in [0.3, 0.4) is 0 Å². The number of aliphatic hydroxyl groups is 4. The third-order valence-electron chi connectivity index (χ3n) is 3.08. The van der Waals surface area contributed by atoms with Crippen LogP contribution in [0.4, 0.5) is 0 Å². The standard InChI is InChI=1S/2C6H12O4/c2*1-3-6(2,10)4(7)5(8)9/h2*4,7,10H,3H2,1-2H3,(H,8,9). The highest BCUT2D eigenvalue weighted by atomic mass is 16.4. The third kappa shape index (κ3) is 6.80. The predicted octanol–water partition coefficient (Wildman–Crippen LogP) is -0.814. The van der Waals surface area contributed by atoms with Crippen LogP contribution in [0.25, 0.3) is 0 Å². The first kappa shape index (κ1) is 21.1. The van der Waals surface area contributed by atoms with Crippen molar-refractivity contribution in [3.05, 3.63) is 0 Å². The Morgan fingerprint density at radius 2 is 1.05 bits per heavy atom. The maximum Gasteiger partial charge on any atom is 0.335 e. The molecule has 0 rings (SSSR count). The molecule has 0 aromatic heterocycles. The molecule has 0 radical (unpaired) electrons. The summed E-state index contributed by atoms with van der Waals surface area (Å²) in [5.74, 6) is -2.79. The molecule has 20 heavy (non-hydrogen) atoms. The van der Waals surface area contributed by atoms with Crippen molar-refractivity contribution in [2.75, 3.05) is 0 Å². The molecular weight excluding hydrogens is 272 g/mol. The van der Waals surface area contributed by atoms with E-state index in [0.717, 1.165) is 0 Å². The lowest BCUT2D eigenvalue weighted by atomic mass is 9.96. The van der Waals surface area contributed by atoms with E-state index in [-0.39, 0.29) is 12.8 Å². The van der Waals surface area contributed by atoms with Gasteiger partial charge in [0.1, 0.15) is 0 Å². The Kier molecular flexibility index (Phi) is 8.60. The molecule has 0 fully saturated rings. The van der Waals surface area contributed by atoms with Crippen LogP contribution in [-0.4, -0.2) is 66.0 Å². The second-order valence-corrected chi connectivity index (χ2v) is 4.90. The van der Waals surface area contributed by atoms with E-state index in [1.54, 1.807) is 13.8 Å². The van der Waals surface area contributed by atoms with E-state index in [1.807, 2.05) is 0 Å². The SMILES string of the molecule is CCC(C)(O)C(O)C(=O)O.CCC(C)(O)C(O)C(=O)O. The van der Waals surface area contributed by atoms with Crippen molar-refractivity contribution in [1.29, 1.82) is 0 Å². The molecule has 8 nitrogen and oxygen atoms in total. The van der Waals surface area contributed by atoms with E-state index in [1.165, 1.54) is 13.8 Å². The van der Waals surface area contributed by atoms with Crippen LogP contribution in [-0.2, 0) is 9.59 Å². The number of aliphatic hydroxyl groups excluding tert-OH is 2. The summed E-state index contributed by atoms with van der Waals surface area (Å²) in [7, 11) is 0. The molecule has 0 aliphatic rings. The molecular formula is C12H24O8. The lowest BCUT2D eigenvalue weighted by Gasteiger charge is -2.23. The number of carboxylic acid groups (broad SMARTS) is 2. The Labute approximate surface area is 117 Å². The van der Waals surface area contributed by atoms with Gasteiger partial charge < -0.3 is 30.6 Å². The van der Waals surface area contributed by atoms with Crippen molar-refractivity contribution in [2.45, 2.75) is 63.9 Å². The van der Waals surface area contributed by atoms with Crippen LogP contribution in [0.5, 0.6) is 0 Å². The van der Waals surface area contributed by atoms with Crippen LogP contribution in [0, 0.1) is 0 Å². The molecule has 0 saturated heterocycles. The predicted molar refractivity (Wildman–Crippen MR) is 69.1 cm³/mol. The molecule has 0 aliphatic heterocycles. The molecule has 6 N–H and O–H groups in total. The van der Waals surface area contributed by atoms with Gasteiger partial charge in [-0.15, -0.1) is 0 Å². The summed E-state index contributed by atoms with van der Waals surface area (Å²) in [4.78, 5) is 20.2. The Balaban J connectivity index is 0. The second-order valence-electron chi connectivity index (χ2n) is 4.90. The van der Waals surface area contributed by atoms with E-state index in [2.05, 4.69) is 0 Å². The van der Waals surface area contributed by atoms with E-state index < -0.39 is 35.3 Å². The van der Waals surface area contributed by atoms with Gasteiger partial charge in [0.15, 0.2) is 12.2 Å². The molecule has 0 amide bonds. The van der Waals surface area contributed by atoms with Crippen molar-refractivity contribution >= 4 is 11.9 Å². The average Bonchev–Trinajstić information content (AvgIpc) is 2.37. The van der Waals surface area contributed by atoms with Crippen molar-refractivity contribution in [3.8, 4) is 0 Å². The van der Waals surface area contributed by atoms with Gasteiger partial charge in [0.2, 0.25) is 0 Å². The van der Waals surface area contributed by atoms with Gasteiger partial charge in [-0.3, -0.25) is 0 Å². The van der Waals surface area contributed by atoms with E-state index in [4.69, 9.17) is 30.6 Å². The second kappa shape index (κ2) is 8.15. The number of carboxylic acids is 2. The van der Waals surface area contributed by atoms with Gasteiger partial charge >= 0.3 is 11.9 Å². The fraction of sp³-hybridized carbons (Fsp3) is 0.833. The first-order chi connectivity index (χ1) is 8.83. The first-order valence-electron chi connectivity index (χ1n) is 6.10. The maximum atomic E-state index is 10.1. The minimum absolute atomic E-state index is 0.209. The van der Waals surface area contributed by atoms with E-state index in [9.17, 15) is 9.59 Å². The quantitative estimate of drug-likeness (QED) is 0.371. The molecule has 0 aromatic rings. The minimum atomic E-state index is -1.70. The van der Waals surface area contributed by atoms with Gasteiger partial charge in [-0.1, -0.05) is 13.8 Å². The van der Waals surface area contributed by atoms with Crippen LogP contribution in [0.1, 0.15) is 40.5 Å². The summed E-state index contributed by atoms with van der Waals surface area (Å²) in [6, 6.07) is 0. The molecule has 8 heteroatoms. The molecule has 120 valence electrons. The van der Waals surface area contributed by atoms with E-state index >= 15 is 0 Å². The van der Waals surface area contributed by atoms with Crippen molar-refractivity contribution < 1.29 is 40.2 Å². The van der Waals surface area contributed by atoms with Gasteiger partial charge in [-0.05, 0) is 26.7 Å². The Morgan fingerprint density at radius 3 is 1.10 bits per heavy atom. The smallest absolute Gasteiger partial charge is 0.335 e. The summed E-state index contributed by atoms with van der Waals surface area (Å²) in [5.41, 5.74) is -3.04. The number of aliphatic carboxylic acids is 2. The van der Waals surface area contributed by atoms with Crippen LogP contribution in [0.15, 0.2) is 0 Å². The summed E-state index contributed by atoms with van der Waals surface area (Å²) < 4.78 is 0. The molecule has 0 saturated carbocycles. The van der Waals surface area contributed by atoms with Gasteiger partial charge in [-0.25, -0.2) is 9.59 Å². The number of carbonyl (C=O) groups is 2. The topological polar surface area (TPSA) is 156 Å². The van der Waals surface area contributed by atoms with Crippen LogP contribution >= 0.6 is 0 Å². The van der Waals surface area contributed by atoms with Crippen molar-refractivity contribution in [3.63, 3.8) is 0 Å². The molecule has 4 unspecified atom stereocenters. The molecule has 0 bridgehead atoms. The van der Waals surface area contributed by atoms with E-state index in [0.29, 0.717) is 0 Å². The highest BCUT2D eigenvalue weighted by molar-refractivity contribution is 5.73. The fourth-order valence-corrected chi connectivity index (χ4v) is 0.919. The van der Waals surface area contributed by atoms with Gasteiger partial charge in [-0.2, -0.15) is 0 Å². The lowest BCUT2D eigenvalue weighted by Crippen LogP contribution is -2.43. The largest absolute Gasteiger partial charge is 0.479 e. The van der Waals surface area contributed by atoms with Crippen LogP contribution in [0.2, 0.25) is 0 Å². The summed E-state index contributed by atoms with van der Waals surface area (Å²) in [5, 5.41) is 52.3. The Hall–Kier alpha value is -1.22. The summed E-state index contributed by atoms with van der Waals surface area (Å²) >= 11 is 0. The molecule has 0 heterocycles. The monoisotopic (exact) mass is 296 g/mol. The summed E-state index contributed by atoms with van der Waals surface area (Å²) in [6.07, 6.45) is -2.98. The number of hydrogen-bond donors (Lipinski definition) is 6. The van der Waals surface area contributed by atoms with Gasteiger partial charge in [0.25, 0.3) is 0 Å². The van der Waals surface area contributed by atoms with Gasteiger partial charge in [0.05, 0.1) is 11.2 Å². The zero-order valence-electron chi connectivity index (χ0n) is 12.1. The normalized spacial score (nSPS) is 19.6. The zero-order valence-corrected chi connectivity index (χ0v) is 12.1. The Morgan fingerprint density at radius 1 is 0.850 bits per heavy atom. The zero-order chi connectivity index (χ0) is 16.7. The van der Waals surface area contributed by atoms with Crippen molar-refractivity contribution in [1.82, 2.24) is 0 Å². The lowest BCUT2D eigenvalue weighted by molar-refractivity contribution is -0.162. The minimum Gasteiger partial charge on any atom is -0.479 e. The van der Waals surface area contributed by atoms with Crippen LogP contribution < -0.4 is 0 Å².